The Morgan fingerprint density at radius 3 is 2.69 bits per heavy atom. The molecule has 0 saturated heterocycles. The fourth-order valence-electron chi connectivity index (χ4n) is 2.71. The SMILES string of the molecule is CCN(C(=O)CO)C1=CC(C)(C)CC(C)C1. The van der Waals surface area contributed by atoms with Crippen LogP contribution in [0.5, 0.6) is 0 Å². The number of carbonyl (C=O) groups excluding carboxylic acids is 1. The molecule has 1 N–H and O–H groups in total. The normalized spacial score (nSPS) is 23.8. The fourth-order valence-corrected chi connectivity index (χ4v) is 2.71. The molecule has 92 valence electrons. The van der Waals surface area contributed by atoms with E-state index < -0.39 is 6.61 Å². The average Bonchev–Trinajstić information content (AvgIpc) is 2.15. The molecule has 0 radical (unpaired) electrons. The summed E-state index contributed by atoms with van der Waals surface area (Å²) in [5.41, 5.74) is 1.22. The number of nitrogens with zero attached hydrogens (tertiary/aromatic N) is 1. The molecule has 1 unspecified atom stereocenters. The van der Waals surface area contributed by atoms with Crippen molar-refractivity contribution in [2.75, 3.05) is 13.2 Å². The molecule has 0 aromatic heterocycles. The number of amides is 1. The third-order valence-corrected chi connectivity index (χ3v) is 3.09. The standard InChI is InChI=1S/C13H23NO2/c1-5-14(12(16)9-15)11-6-10(2)7-13(3,4)8-11/h8,10,15H,5-7,9H2,1-4H3. The molecule has 1 rings (SSSR count). The van der Waals surface area contributed by atoms with Crippen LogP contribution in [0.25, 0.3) is 0 Å². The van der Waals surface area contributed by atoms with Gasteiger partial charge in [0.1, 0.15) is 6.61 Å². The third kappa shape index (κ3) is 3.08. The highest BCUT2D eigenvalue weighted by molar-refractivity contribution is 5.79. The molecule has 0 aromatic carbocycles. The smallest absolute Gasteiger partial charge is 0.252 e. The molecule has 1 aliphatic carbocycles. The fraction of sp³-hybridized carbons (Fsp3) is 0.769. The maximum Gasteiger partial charge on any atom is 0.252 e. The van der Waals surface area contributed by atoms with Crippen molar-refractivity contribution in [1.29, 1.82) is 0 Å². The molecule has 16 heavy (non-hydrogen) atoms. The summed E-state index contributed by atoms with van der Waals surface area (Å²) < 4.78 is 0. The van der Waals surface area contributed by atoms with Gasteiger partial charge in [0.2, 0.25) is 0 Å². The number of aliphatic hydroxyl groups is 1. The molecular formula is C13H23NO2. The first-order chi connectivity index (χ1) is 7.39. The minimum absolute atomic E-state index is 0.149. The van der Waals surface area contributed by atoms with Crippen LogP contribution >= 0.6 is 0 Å². The number of carbonyl (C=O) groups is 1. The van der Waals surface area contributed by atoms with Crippen molar-refractivity contribution in [3.8, 4) is 0 Å². The van der Waals surface area contributed by atoms with E-state index in [2.05, 4.69) is 26.8 Å². The molecule has 0 spiro atoms. The van der Waals surface area contributed by atoms with Gasteiger partial charge in [-0.2, -0.15) is 0 Å². The monoisotopic (exact) mass is 225 g/mol. The van der Waals surface area contributed by atoms with Gasteiger partial charge in [0, 0.05) is 12.2 Å². The molecule has 0 bridgehead atoms. The van der Waals surface area contributed by atoms with E-state index in [0.717, 1.165) is 18.5 Å². The van der Waals surface area contributed by atoms with Crippen LogP contribution in [0.1, 0.15) is 40.5 Å². The summed E-state index contributed by atoms with van der Waals surface area (Å²) in [6.07, 6.45) is 4.27. The Balaban J connectivity index is 2.92. The summed E-state index contributed by atoms with van der Waals surface area (Å²) in [5, 5.41) is 8.94. The van der Waals surface area contributed by atoms with Crippen molar-refractivity contribution in [1.82, 2.24) is 4.90 Å². The quantitative estimate of drug-likeness (QED) is 0.799. The van der Waals surface area contributed by atoms with Crippen LogP contribution in [0, 0.1) is 11.3 Å². The summed E-state index contributed by atoms with van der Waals surface area (Å²) in [6.45, 7) is 8.78. The van der Waals surface area contributed by atoms with Crippen molar-refractivity contribution >= 4 is 5.91 Å². The zero-order chi connectivity index (χ0) is 12.3. The first-order valence-corrected chi connectivity index (χ1v) is 6.02. The zero-order valence-corrected chi connectivity index (χ0v) is 10.8. The Kier molecular flexibility index (Phi) is 4.14. The van der Waals surface area contributed by atoms with Gasteiger partial charge in [-0.15, -0.1) is 0 Å². The second kappa shape index (κ2) is 5.00. The van der Waals surface area contributed by atoms with Crippen molar-refractivity contribution in [3.05, 3.63) is 11.8 Å². The van der Waals surface area contributed by atoms with Gasteiger partial charge in [-0.1, -0.05) is 26.8 Å². The molecule has 1 atom stereocenters. The van der Waals surface area contributed by atoms with Crippen LogP contribution in [0.15, 0.2) is 11.8 Å². The predicted octanol–water partition coefficient (Wildman–Crippen LogP) is 2.17. The molecular weight excluding hydrogens is 202 g/mol. The third-order valence-electron chi connectivity index (χ3n) is 3.09. The summed E-state index contributed by atoms with van der Waals surface area (Å²) in [4.78, 5) is 13.3. The van der Waals surface area contributed by atoms with Gasteiger partial charge < -0.3 is 10.0 Å². The first-order valence-electron chi connectivity index (χ1n) is 6.02. The number of hydrogen-bond acceptors (Lipinski definition) is 2. The second-order valence-electron chi connectivity index (χ2n) is 5.43. The van der Waals surface area contributed by atoms with E-state index in [1.807, 2.05) is 6.92 Å². The summed E-state index contributed by atoms with van der Waals surface area (Å²) in [5.74, 6) is 0.397. The lowest BCUT2D eigenvalue weighted by molar-refractivity contribution is -0.132. The van der Waals surface area contributed by atoms with Gasteiger partial charge >= 0.3 is 0 Å². The topological polar surface area (TPSA) is 40.5 Å². The van der Waals surface area contributed by atoms with Crippen LogP contribution in [0.4, 0.5) is 0 Å². The molecule has 0 aromatic rings. The van der Waals surface area contributed by atoms with Crippen molar-refractivity contribution in [3.63, 3.8) is 0 Å². The molecule has 1 aliphatic rings. The highest BCUT2D eigenvalue weighted by Gasteiger charge is 2.28. The molecule has 0 heterocycles. The number of hydrogen-bond donors (Lipinski definition) is 1. The zero-order valence-electron chi connectivity index (χ0n) is 10.8. The molecule has 1 amide bonds. The van der Waals surface area contributed by atoms with E-state index >= 15 is 0 Å². The number of rotatable bonds is 3. The van der Waals surface area contributed by atoms with Gasteiger partial charge in [-0.25, -0.2) is 0 Å². The van der Waals surface area contributed by atoms with Gasteiger partial charge in [0.15, 0.2) is 0 Å². The summed E-state index contributed by atoms with van der Waals surface area (Å²) in [6, 6.07) is 0. The van der Waals surface area contributed by atoms with Crippen molar-refractivity contribution in [2.45, 2.75) is 40.5 Å². The second-order valence-corrected chi connectivity index (χ2v) is 5.43. The van der Waals surface area contributed by atoms with Crippen LogP contribution < -0.4 is 0 Å². The van der Waals surface area contributed by atoms with E-state index in [4.69, 9.17) is 5.11 Å². The van der Waals surface area contributed by atoms with Crippen LogP contribution in [-0.2, 0) is 4.79 Å². The Bertz CT molecular complexity index is 294. The highest BCUT2D eigenvalue weighted by Crippen LogP contribution is 2.37. The van der Waals surface area contributed by atoms with Gasteiger partial charge in [-0.3, -0.25) is 4.79 Å². The van der Waals surface area contributed by atoms with E-state index in [0.29, 0.717) is 12.5 Å². The lowest BCUT2D eigenvalue weighted by Gasteiger charge is -2.36. The largest absolute Gasteiger partial charge is 0.387 e. The van der Waals surface area contributed by atoms with Crippen LogP contribution in [0.3, 0.4) is 0 Å². The summed E-state index contributed by atoms with van der Waals surface area (Å²) in [7, 11) is 0. The Morgan fingerprint density at radius 1 is 1.62 bits per heavy atom. The van der Waals surface area contributed by atoms with Gasteiger partial charge in [-0.05, 0) is 31.1 Å². The first kappa shape index (κ1) is 13.2. The lowest BCUT2D eigenvalue weighted by Crippen LogP contribution is -2.36. The van der Waals surface area contributed by atoms with Gasteiger partial charge in [0.25, 0.3) is 5.91 Å². The van der Waals surface area contributed by atoms with E-state index in [9.17, 15) is 4.79 Å². The number of allylic oxidation sites excluding steroid dienone is 2. The minimum Gasteiger partial charge on any atom is -0.387 e. The molecule has 3 nitrogen and oxygen atoms in total. The van der Waals surface area contributed by atoms with Crippen molar-refractivity contribution < 1.29 is 9.90 Å². The molecule has 3 heteroatoms. The molecule has 0 saturated carbocycles. The molecule has 0 aliphatic heterocycles. The Morgan fingerprint density at radius 2 is 2.25 bits per heavy atom. The average molecular weight is 225 g/mol. The van der Waals surface area contributed by atoms with Crippen LogP contribution in [0.2, 0.25) is 0 Å². The van der Waals surface area contributed by atoms with E-state index in [-0.39, 0.29) is 11.3 Å². The number of aliphatic hydroxyl groups excluding tert-OH is 1. The highest BCUT2D eigenvalue weighted by atomic mass is 16.3. The van der Waals surface area contributed by atoms with E-state index in [1.165, 1.54) is 0 Å². The lowest BCUT2D eigenvalue weighted by atomic mass is 9.76. The predicted molar refractivity (Wildman–Crippen MR) is 64.7 cm³/mol. The Labute approximate surface area is 98.1 Å². The minimum atomic E-state index is -0.403. The maximum absolute atomic E-state index is 11.6. The summed E-state index contributed by atoms with van der Waals surface area (Å²) >= 11 is 0. The van der Waals surface area contributed by atoms with Crippen molar-refractivity contribution in [2.24, 2.45) is 11.3 Å². The van der Waals surface area contributed by atoms with E-state index in [1.54, 1.807) is 4.90 Å². The Hall–Kier alpha value is -0.830. The maximum atomic E-state index is 11.6. The molecule has 0 fully saturated rings. The number of likely N-dealkylation sites (N-methyl/N-ethyl adjacent to an activating group) is 1. The van der Waals surface area contributed by atoms with Gasteiger partial charge in [0.05, 0.1) is 0 Å². The van der Waals surface area contributed by atoms with Crippen LogP contribution in [-0.4, -0.2) is 29.1 Å².